The molecular weight excluding hydrogens is 480 g/mol. The molecule has 0 atom stereocenters. The lowest BCUT2D eigenvalue weighted by Gasteiger charge is -2.11. The minimum atomic E-state index is -0.0976. The molecule has 2 N–H and O–H groups in total. The quantitative estimate of drug-likeness (QED) is 0.242. The number of hydrogen-bond acceptors (Lipinski definition) is 6. The second-order valence-corrected chi connectivity index (χ2v) is 9.21. The highest BCUT2D eigenvalue weighted by atomic mass is 35.5. The number of methoxy groups -OCH3 is 1. The summed E-state index contributed by atoms with van der Waals surface area (Å²) in [5, 5.41) is 4.92. The Bertz CT molecular complexity index is 1550. The predicted octanol–water partition coefficient (Wildman–Crippen LogP) is 6.68. The first-order chi connectivity index (χ1) is 17.1. The topological polar surface area (TPSA) is 79.9 Å². The maximum absolute atomic E-state index is 12.6. The van der Waals surface area contributed by atoms with E-state index < -0.39 is 0 Å². The molecule has 35 heavy (non-hydrogen) atoms. The number of nitrogens with one attached hydrogen (secondary N) is 2. The molecule has 0 unspecified atom stereocenters. The number of para-hydroxylation sites is 1. The minimum absolute atomic E-state index is 0.0976. The van der Waals surface area contributed by atoms with Gasteiger partial charge in [-0.2, -0.15) is 0 Å². The number of rotatable bonds is 7. The molecule has 0 saturated carbocycles. The van der Waals surface area contributed by atoms with Crippen LogP contribution in [-0.4, -0.2) is 22.1 Å². The van der Waals surface area contributed by atoms with Crippen molar-refractivity contribution in [3.8, 4) is 17.0 Å². The Morgan fingerprint density at radius 3 is 2.69 bits per heavy atom. The molecule has 2 aromatic heterocycles. The summed E-state index contributed by atoms with van der Waals surface area (Å²) in [4.78, 5) is 25.6. The molecular formula is C27H21ClN4O2S. The zero-order chi connectivity index (χ0) is 24.2. The van der Waals surface area contributed by atoms with Crippen molar-refractivity contribution in [2.45, 2.75) is 10.6 Å². The average Bonchev–Trinajstić information content (AvgIpc) is 2.88. The molecule has 0 bridgehead atoms. The summed E-state index contributed by atoms with van der Waals surface area (Å²) in [5.41, 5.74) is 3.98. The number of aromatic nitrogens is 3. The summed E-state index contributed by atoms with van der Waals surface area (Å²) in [7, 11) is 1.63. The zero-order valence-corrected chi connectivity index (χ0v) is 20.4. The van der Waals surface area contributed by atoms with Gasteiger partial charge in [0, 0.05) is 43.9 Å². The fourth-order valence-electron chi connectivity index (χ4n) is 3.64. The SMILES string of the molecule is COc1ccc2[nH]c(=O)c(CSc3ccccc3Nc3nccc(-c4ccc(Cl)cc4)n3)cc2c1. The van der Waals surface area contributed by atoms with E-state index in [0.717, 1.165) is 38.5 Å². The van der Waals surface area contributed by atoms with Gasteiger partial charge in [-0.25, -0.2) is 9.97 Å². The van der Waals surface area contributed by atoms with Crippen molar-refractivity contribution in [2.75, 3.05) is 12.4 Å². The smallest absolute Gasteiger partial charge is 0.252 e. The lowest BCUT2D eigenvalue weighted by Crippen LogP contribution is -2.11. The third kappa shape index (κ3) is 5.31. The summed E-state index contributed by atoms with van der Waals surface area (Å²) in [6, 6.07) is 24.8. The first kappa shape index (κ1) is 23.0. The van der Waals surface area contributed by atoms with E-state index >= 15 is 0 Å². The molecule has 3 aromatic carbocycles. The molecule has 6 nitrogen and oxygen atoms in total. The fraction of sp³-hybridized carbons (Fsp3) is 0.0741. The minimum Gasteiger partial charge on any atom is -0.497 e. The molecule has 8 heteroatoms. The van der Waals surface area contributed by atoms with E-state index in [4.69, 9.17) is 16.3 Å². The Labute approximate surface area is 211 Å². The van der Waals surface area contributed by atoms with Crippen LogP contribution in [0, 0.1) is 0 Å². The number of anilines is 2. The average molecular weight is 501 g/mol. The van der Waals surface area contributed by atoms with Crippen LogP contribution in [0.4, 0.5) is 11.6 Å². The van der Waals surface area contributed by atoms with E-state index in [1.165, 1.54) is 0 Å². The van der Waals surface area contributed by atoms with Crippen LogP contribution in [0.5, 0.6) is 5.75 Å². The van der Waals surface area contributed by atoms with E-state index in [1.807, 2.05) is 78.9 Å². The second kappa shape index (κ2) is 10.2. The third-order valence-corrected chi connectivity index (χ3v) is 6.81. The van der Waals surface area contributed by atoms with Crippen LogP contribution in [0.3, 0.4) is 0 Å². The lowest BCUT2D eigenvalue weighted by atomic mass is 10.1. The third-order valence-electron chi connectivity index (χ3n) is 5.44. The van der Waals surface area contributed by atoms with E-state index in [9.17, 15) is 4.79 Å². The summed E-state index contributed by atoms with van der Waals surface area (Å²) in [5.74, 6) is 1.74. The molecule has 5 aromatic rings. The van der Waals surface area contributed by atoms with E-state index in [1.54, 1.807) is 25.1 Å². The number of nitrogens with zero attached hydrogens (tertiary/aromatic N) is 2. The molecule has 0 aliphatic rings. The predicted molar refractivity (Wildman–Crippen MR) is 143 cm³/mol. The van der Waals surface area contributed by atoms with Gasteiger partial charge in [0.25, 0.3) is 5.56 Å². The zero-order valence-electron chi connectivity index (χ0n) is 18.8. The van der Waals surface area contributed by atoms with E-state index in [-0.39, 0.29) is 5.56 Å². The number of halogens is 1. The largest absolute Gasteiger partial charge is 0.497 e. The van der Waals surface area contributed by atoms with Gasteiger partial charge in [-0.1, -0.05) is 35.9 Å². The highest BCUT2D eigenvalue weighted by molar-refractivity contribution is 7.98. The van der Waals surface area contributed by atoms with E-state index in [2.05, 4.69) is 20.3 Å². The Morgan fingerprint density at radius 1 is 1.03 bits per heavy atom. The van der Waals surface area contributed by atoms with Crippen molar-refractivity contribution in [2.24, 2.45) is 0 Å². The number of H-pyrrole nitrogens is 1. The van der Waals surface area contributed by atoms with Gasteiger partial charge in [-0.15, -0.1) is 11.8 Å². The van der Waals surface area contributed by atoms with Crippen LogP contribution >= 0.6 is 23.4 Å². The van der Waals surface area contributed by atoms with Gasteiger partial charge in [-0.05, 0) is 54.6 Å². The van der Waals surface area contributed by atoms with Crippen molar-refractivity contribution >= 4 is 45.9 Å². The number of pyridine rings is 1. The lowest BCUT2D eigenvalue weighted by molar-refractivity contribution is 0.415. The Hall–Kier alpha value is -3.81. The van der Waals surface area contributed by atoms with Crippen LogP contribution in [-0.2, 0) is 5.75 Å². The molecule has 0 aliphatic carbocycles. The molecule has 0 radical (unpaired) electrons. The van der Waals surface area contributed by atoms with E-state index in [0.29, 0.717) is 22.3 Å². The monoisotopic (exact) mass is 500 g/mol. The number of aromatic amines is 1. The second-order valence-electron chi connectivity index (χ2n) is 7.76. The highest BCUT2D eigenvalue weighted by Gasteiger charge is 2.10. The summed E-state index contributed by atoms with van der Waals surface area (Å²) in [6.45, 7) is 0. The normalized spacial score (nSPS) is 10.9. The van der Waals surface area contributed by atoms with Gasteiger partial charge in [0.15, 0.2) is 0 Å². The number of fused-ring (bicyclic) bond motifs is 1. The van der Waals surface area contributed by atoms with Gasteiger partial charge < -0.3 is 15.0 Å². The Morgan fingerprint density at radius 2 is 1.86 bits per heavy atom. The van der Waals surface area contributed by atoms with Crippen LogP contribution in [0.25, 0.3) is 22.2 Å². The summed E-state index contributed by atoms with van der Waals surface area (Å²) >= 11 is 7.58. The van der Waals surface area contributed by atoms with Gasteiger partial charge >= 0.3 is 0 Å². The molecule has 0 saturated heterocycles. The molecule has 0 aliphatic heterocycles. The fourth-order valence-corrected chi connectivity index (χ4v) is 4.74. The van der Waals surface area contributed by atoms with Gasteiger partial charge in [0.1, 0.15) is 5.75 Å². The standard InChI is InChI=1S/C27H21ClN4O2S/c1-34-21-10-11-22-18(15-21)14-19(26(33)30-22)16-35-25-5-3-2-4-24(25)32-27-29-13-12-23(31-27)17-6-8-20(28)9-7-17/h2-15H,16H2,1H3,(H,30,33)(H,29,31,32). The summed E-state index contributed by atoms with van der Waals surface area (Å²) in [6.07, 6.45) is 1.72. The number of benzene rings is 3. The van der Waals surface area contributed by atoms with Crippen molar-refractivity contribution < 1.29 is 4.74 Å². The van der Waals surface area contributed by atoms with Crippen molar-refractivity contribution in [3.05, 3.63) is 106 Å². The van der Waals surface area contributed by atoms with Crippen molar-refractivity contribution in [3.63, 3.8) is 0 Å². The van der Waals surface area contributed by atoms with Crippen LogP contribution in [0.15, 0.2) is 94.7 Å². The number of hydrogen-bond donors (Lipinski definition) is 2. The highest BCUT2D eigenvalue weighted by Crippen LogP contribution is 2.31. The van der Waals surface area contributed by atoms with Crippen molar-refractivity contribution in [1.82, 2.24) is 15.0 Å². The molecule has 0 spiro atoms. The van der Waals surface area contributed by atoms with Gasteiger partial charge in [-0.3, -0.25) is 4.79 Å². The maximum atomic E-state index is 12.6. The van der Waals surface area contributed by atoms with Crippen LogP contribution < -0.4 is 15.6 Å². The Kier molecular flexibility index (Phi) is 6.70. The Balaban J connectivity index is 1.37. The molecule has 174 valence electrons. The number of thioether (sulfide) groups is 1. The van der Waals surface area contributed by atoms with Crippen LogP contribution in [0.1, 0.15) is 5.56 Å². The van der Waals surface area contributed by atoms with Gasteiger partial charge in [0.05, 0.1) is 18.5 Å². The molecule has 0 fully saturated rings. The van der Waals surface area contributed by atoms with Gasteiger partial charge in [0.2, 0.25) is 5.95 Å². The first-order valence-electron chi connectivity index (χ1n) is 10.9. The summed E-state index contributed by atoms with van der Waals surface area (Å²) < 4.78 is 5.31. The molecule has 0 amide bonds. The number of ether oxygens (including phenoxy) is 1. The maximum Gasteiger partial charge on any atom is 0.252 e. The van der Waals surface area contributed by atoms with Crippen LogP contribution in [0.2, 0.25) is 5.02 Å². The molecule has 2 heterocycles. The first-order valence-corrected chi connectivity index (χ1v) is 12.2. The molecule has 5 rings (SSSR count). The van der Waals surface area contributed by atoms with Crippen molar-refractivity contribution in [1.29, 1.82) is 0 Å².